The van der Waals surface area contributed by atoms with Crippen LogP contribution in [0.4, 0.5) is 11.4 Å². The number of nitrogens with zero attached hydrogens (tertiary/aromatic N) is 2. The Morgan fingerprint density at radius 1 is 0.372 bits per heavy atom. The first-order valence-electron chi connectivity index (χ1n) is 40.6. The number of hydrazine groups is 1. The van der Waals surface area contributed by atoms with E-state index in [1.807, 2.05) is 54.6 Å². The summed E-state index contributed by atoms with van der Waals surface area (Å²) in [7, 11) is 0. The number of halogens is 2. The minimum Gasteiger partial charge on any atom is -0.381 e. The Hall–Kier alpha value is -9.77. The number of carbonyl (C=O) groups is 1. The van der Waals surface area contributed by atoms with Gasteiger partial charge in [-0.2, -0.15) is 0 Å². The number of hydrogen-bond acceptors (Lipinski definition) is 4. The second-order valence-electron chi connectivity index (χ2n) is 36.5. The number of rotatable bonds is 5. The van der Waals surface area contributed by atoms with Crippen LogP contribution in [-0.4, -0.2) is 25.9 Å². The zero-order chi connectivity index (χ0) is 80.2. The van der Waals surface area contributed by atoms with Crippen LogP contribution in [0.1, 0.15) is 177 Å². The molecule has 3 aliphatic rings. The average molecular weight is 1620 g/mol. The van der Waals surface area contributed by atoms with Gasteiger partial charge >= 0.3 is 0 Å². The van der Waals surface area contributed by atoms with E-state index in [2.05, 4.69) is 385 Å². The summed E-state index contributed by atoms with van der Waals surface area (Å²) in [5.74, 6) is 7.95. The number of hydrogen-bond donors (Lipinski definition) is 4. The highest BCUT2D eigenvalue weighted by Gasteiger charge is 2.40. The van der Waals surface area contributed by atoms with E-state index >= 15 is 0 Å². The molecule has 2 saturated carbocycles. The van der Waals surface area contributed by atoms with Gasteiger partial charge in [-0.05, 0) is 237 Å². The summed E-state index contributed by atoms with van der Waals surface area (Å²) in [5, 5.41) is 11.5. The summed E-state index contributed by atoms with van der Waals surface area (Å²) in [4.78, 5) is 14.4. The van der Waals surface area contributed by atoms with Crippen molar-refractivity contribution < 1.29 is 4.79 Å². The molecule has 580 valence electrons. The smallest absolute Gasteiger partial charge is 0.132 e. The van der Waals surface area contributed by atoms with Gasteiger partial charge in [0.25, 0.3) is 0 Å². The van der Waals surface area contributed by atoms with Crippen molar-refractivity contribution in [3.05, 3.63) is 310 Å². The molecule has 3 atom stereocenters. The largest absolute Gasteiger partial charge is 0.381 e. The van der Waals surface area contributed by atoms with E-state index in [1.165, 1.54) is 141 Å². The van der Waals surface area contributed by atoms with Crippen molar-refractivity contribution in [2.45, 2.75) is 177 Å². The number of H-pyrrole nitrogens is 1. The number of carbonyl (C=O) groups excluding carboxylic acids is 1. The molecular formula is C104H114Br2N6O. The molecule has 0 bridgehead atoms. The first-order valence-corrected chi connectivity index (χ1v) is 42.2. The van der Waals surface area contributed by atoms with Gasteiger partial charge in [0.1, 0.15) is 5.78 Å². The van der Waals surface area contributed by atoms with Crippen molar-refractivity contribution in [2.24, 2.45) is 28.5 Å². The normalized spacial score (nSPS) is 15.8. The van der Waals surface area contributed by atoms with Crippen molar-refractivity contribution in [3.8, 4) is 33.6 Å². The molecule has 3 unspecified atom stereocenters. The average Bonchev–Trinajstić information content (AvgIpc) is 1.58. The van der Waals surface area contributed by atoms with Crippen LogP contribution < -0.4 is 16.6 Å². The molecule has 0 spiro atoms. The van der Waals surface area contributed by atoms with Gasteiger partial charge in [0.2, 0.25) is 0 Å². The lowest BCUT2D eigenvalue weighted by Crippen LogP contribution is -2.33. The lowest BCUT2D eigenvalue weighted by molar-refractivity contribution is -0.121. The maximum atomic E-state index is 10.9. The van der Waals surface area contributed by atoms with Crippen LogP contribution in [0.3, 0.4) is 0 Å². The second-order valence-corrected chi connectivity index (χ2v) is 38.3. The Balaban J connectivity index is 0.000000136. The summed E-state index contributed by atoms with van der Waals surface area (Å²) in [6.07, 6.45) is 7.94. The number of ketones is 1. The predicted molar refractivity (Wildman–Crippen MR) is 494 cm³/mol. The summed E-state index contributed by atoms with van der Waals surface area (Å²) < 4.78 is 7.05. The molecule has 0 amide bonds. The van der Waals surface area contributed by atoms with E-state index in [4.69, 9.17) is 5.84 Å². The zero-order valence-electron chi connectivity index (χ0n) is 69.0. The number of Topliss-reactive ketones (excluding diaryl/α,β-unsaturated/α-hetero) is 1. The van der Waals surface area contributed by atoms with E-state index in [-0.39, 0.29) is 16.2 Å². The number of fused-ring (bicyclic) bond motifs is 12. The Morgan fingerprint density at radius 2 is 0.788 bits per heavy atom. The van der Waals surface area contributed by atoms with Crippen molar-refractivity contribution >= 4 is 114 Å². The highest BCUT2D eigenvalue weighted by molar-refractivity contribution is 9.10. The quantitative estimate of drug-likeness (QED) is 0.102. The number of anilines is 2. The van der Waals surface area contributed by atoms with Gasteiger partial charge in [0, 0.05) is 99.8 Å². The molecule has 18 rings (SSSR count). The molecule has 5 N–H and O–H groups in total. The third kappa shape index (κ3) is 19.0. The lowest BCUT2D eigenvalue weighted by Gasteiger charge is -2.39. The Labute approximate surface area is 688 Å². The number of nitrogens with one attached hydrogen (secondary N) is 3. The molecule has 7 nitrogen and oxygen atoms in total. The maximum Gasteiger partial charge on any atom is 0.132 e. The van der Waals surface area contributed by atoms with Crippen LogP contribution in [0.5, 0.6) is 0 Å². The molecule has 2 fully saturated rings. The van der Waals surface area contributed by atoms with Crippen LogP contribution in [0.25, 0.3) is 99.0 Å². The van der Waals surface area contributed by atoms with Crippen LogP contribution in [0.2, 0.25) is 0 Å². The minimum absolute atomic E-state index is 0.0908. The van der Waals surface area contributed by atoms with Crippen molar-refractivity contribution in [3.63, 3.8) is 0 Å². The fourth-order valence-corrected chi connectivity index (χ4v) is 17.5. The molecule has 12 aromatic carbocycles. The highest BCUT2D eigenvalue weighted by atomic mass is 79.9. The van der Waals surface area contributed by atoms with E-state index in [0.717, 1.165) is 58.1 Å². The lowest BCUT2D eigenvalue weighted by atomic mass is 9.67. The first kappa shape index (κ1) is 81.3. The molecule has 0 radical (unpaired) electrons. The Kier molecular flexibility index (Phi) is 24.5. The molecule has 9 heteroatoms. The molecule has 1 aliphatic heterocycles. The molecule has 0 saturated heterocycles. The molecule has 2 aliphatic carbocycles. The number of aromatic amines is 1. The van der Waals surface area contributed by atoms with Gasteiger partial charge in [-0.1, -0.05) is 293 Å². The summed E-state index contributed by atoms with van der Waals surface area (Å²) in [6.45, 7) is 34.5. The van der Waals surface area contributed by atoms with Crippen molar-refractivity contribution in [1.82, 2.24) is 14.1 Å². The molecular weight excluding hydrogens is 1510 g/mol. The molecule has 15 aromatic rings. The SMILES string of the molecule is Brc1cccc(-c2cccc(Br)c2)c1.CC(C)(C)C1CCC(=O)CC1.CC(C)(C)C1CCC2Nc3ccccc3C2C1.CC(C)(C)c1ccc2[nH]c3ccccc3c2c1.CC(C)(C)c1ccc2c(c1)c1ccccc1n2-c1cccc(-c2cccc(-n3c4ccccc4c4cc(C(C)(C)C)ccc43)c2)c1.NNc1ccccc1. The standard InChI is InChI=1S/C44H40N2.C16H23N.C16H17N.C12H8Br2.C10H18O.C6H8N2/c1-43(2,3)31-21-23-41-37(27-31)35-17-7-9-19-39(35)45(41)33-15-11-13-29(25-33)30-14-12-16-34(26-30)46-40-20-10-8-18-36(40)38-28-32(44(4,5)6)22-24-42(38)46;2*1-16(2,3)11-8-9-15-13(10-11)12-6-4-5-7-14(12)17-15;13-11-5-1-3-9(7-11)10-4-2-6-12(14)8-10;1-10(2,3)8-4-6-9(11)7-5-8;7-8-6-4-2-1-3-5-6/h7-28H,1-6H3;4-7,11,13,15,17H,8-10H2,1-3H3;4-10,17H,1-3H3;1-8H;8H,4-7H2,1-3H3;1-5,8H,7H2. The van der Waals surface area contributed by atoms with Crippen LogP contribution in [0.15, 0.2) is 288 Å². The number of benzene rings is 12. The number of para-hydroxylation sites is 5. The van der Waals surface area contributed by atoms with E-state index in [1.54, 1.807) is 5.56 Å². The third-order valence-electron chi connectivity index (χ3n) is 23.5. The number of aromatic nitrogens is 3. The predicted octanol–water partition coefficient (Wildman–Crippen LogP) is 29.8. The van der Waals surface area contributed by atoms with Gasteiger partial charge < -0.3 is 24.9 Å². The summed E-state index contributed by atoms with van der Waals surface area (Å²) in [6, 6.07) is 100. The van der Waals surface area contributed by atoms with Crippen molar-refractivity contribution in [1.29, 1.82) is 0 Å². The van der Waals surface area contributed by atoms with E-state index < -0.39 is 0 Å². The highest BCUT2D eigenvalue weighted by Crippen LogP contribution is 2.50. The monoisotopic (exact) mass is 1620 g/mol. The third-order valence-corrected chi connectivity index (χ3v) is 24.4. The zero-order valence-corrected chi connectivity index (χ0v) is 72.1. The molecule has 4 heterocycles. The second kappa shape index (κ2) is 34.1. The topological polar surface area (TPSA) is 92.8 Å². The molecule has 113 heavy (non-hydrogen) atoms. The fraction of sp³-hybridized carbons (Fsp3) is 0.298. The first-order chi connectivity index (χ1) is 53.9. The summed E-state index contributed by atoms with van der Waals surface area (Å²) >= 11 is 6.93. The minimum atomic E-state index is 0.0908. The molecule has 3 aromatic heterocycles. The van der Waals surface area contributed by atoms with Crippen LogP contribution >= 0.6 is 31.9 Å². The van der Waals surface area contributed by atoms with Gasteiger partial charge in [-0.15, -0.1) is 0 Å². The number of nitrogen functional groups attached to an aromatic ring is 1. The number of nitrogens with two attached hydrogens (primary N) is 1. The van der Waals surface area contributed by atoms with Crippen molar-refractivity contribution in [2.75, 3.05) is 10.7 Å². The summed E-state index contributed by atoms with van der Waals surface area (Å²) in [5.41, 5.74) is 26.3. The fourth-order valence-electron chi connectivity index (χ4n) is 16.7. The van der Waals surface area contributed by atoms with Gasteiger partial charge in [-0.3, -0.25) is 10.6 Å². The maximum absolute atomic E-state index is 10.9. The van der Waals surface area contributed by atoms with Gasteiger partial charge in [0.05, 0.1) is 22.1 Å². The van der Waals surface area contributed by atoms with Crippen LogP contribution in [0, 0.1) is 22.7 Å². The Bertz CT molecular complexity index is 5590. The van der Waals surface area contributed by atoms with E-state index in [0.29, 0.717) is 22.7 Å². The Morgan fingerprint density at radius 3 is 1.27 bits per heavy atom. The van der Waals surface area contributed by atoms with Crippen LogP contribution in [-0.2, 0) is 21.0 Å². The van der Waals surface area contributed by atoms with Gasteiger partial charge in [0.15, 0.2) is 0 Å². The van der Waals surface area contributed by atoms with Gasteiger partial charge in [-0.25, -0.2) is 0 Å². The van der Waals surface area contributed by atoms with E-state index in [9.17, 15) is 4.79 Å².